The van der Waals surface area contributed by atoms with Gasteiger partial charge in [-0.05, 0) is 52.4 Å². The van der Waals surface area contributed by atoms with E-state index in [0.29, 0.717) is 6.42 Å². The average molecular weight is 321 g/mol. The number of imidazole rings is 1. The first-order chi connectivity index (χ1) is 9.20. The molecule has 0 aliphatic heterocycles. The fraction of sp³-hybridized carbons (Fsp3) is 0.400. The molecule has 0 fully saturated rings. The number of halogens is 1. The number of fused-ring (bicyclic) bond motifs is 1. The summed E-state index contributed by atoms with van der Waals surface area (Å²) in [5.74, 6) is 0.907. The molecule has 4 heteroatoms. The van der Waals surface area contributed by atoms with Crippen LogP contribution in [0.5, 0.6) is 0 Å². The van der Waals surface area contributed by atoms with E-state index in [1.165, 1.54) is 30.4 Å². The van der Waals surface area contributed by atoms with Crippen LogP contribution >= 0.6 is 15.9 Å². The molecule has 0 amide bonds. The minimum absolute atomic E-state index is 0.126. The Morgan fingerprint density at radius 1 is 1.32 bits per heavy atom. The average Bonchev–Trinajstić information content (AvgIpc) is 2.98. The monoisotopic (exact) mass is 320 g/mol. The molecule has 0 radical (unpaired) electrons. The molecular formula is C15H17BrN2O. The number of hydrogen-bond donors (Lipinski definition) is 1. The Hall–Kier alpha value is -1.13. The molecule has 0 saturated carbocycles. The Balaban J connectivity index is 2.04. The van der Waals surface area contributed by atoms with Crippen LogP contribution in [0.1, 0.15) is 23.4 Å². The van der Waals surface area contributed by atoms with Crippen molar-refractivity contribution in [1.29, 1.82) is 0 Å². The topological polar surface area (TPSA) is 38.0 Å². The molecule has 1 N–H and O–H groups in total. The Morgan fingerprint density at radius 3 is 2.89 bits per heavy atom. The Bertz CT molecular complexity index is 619. The molecule has 1 aliphatic rings. The largest absolute Gasteiger partial charge is 0.396 e. The van der Waals surface area contributed by atoms with E-state index in [0.717, 1.165) is 21.7 Å². The van der Waals surface area contributed by atoms with Crippen molar-refractivity contribution in [2.24, 2.45) is 7.05 Å². The number of aromatic nitrogens is 2. The minimum atomic E-state index is 0.126. The van der Waals surface area contributed by atoms with E-state index in [-0.39, 0.29) is 6.61 Å². The van der Waals surface area contributed by atoms with Crippen molar-refractivity contribution >= 4 is 15.9 Å². The van der Waals surface area contributed by atoms with E-state index < -0.39 is 0 Å². The van der Waals surface area contributed by atoms with E-state index >= 15 is 0 Å². The van der Waals surface area contributed by atoms with Crippen LogP contribution in [0.25, 0.3) is 11.3 Å². The Kier molecular flexibility index (Phi) is 3.46. The van der Waals surface area contributed by atoms with E-state index in [4.69, 9.17) is 5.11 Å². The lowest BCUT2D eigenvalue weighted by Crippen LogP contribution is -2.00. The summed E-state index contributed by atoms with van der Waals surface area (Å²) >= 11 is 3.61. The lowest BCUT2D eigenvalue weighted by Gasteiger charge is -2.03. The van der Waals surface area contributed by atoms with E-state index in [1.807, 2.05) is 11.6 Å². The lowest BCUT2D eigenvalue weighted by atomic mass is 10.0. The highest BCUT2D eigenvalue weighted by Gasteiger charge is 2.17. The van der Waals surface area contributed by atoms with Crippen LogP contribution in [0.2, 0.25) is 0 Å². The third-order valence-corrected chi connectivity index (χ3v) is 4.73. The van der Waals surface area contributed by atoms with Crippen molar-refractivity contribution in [3.05, 3.63) is 39.8 Å². The first-order valence-corrected chi connectivity index (χ1v) is 7.44. The maximum absolute atomic E-state index is 9.07. The van der Waals surface area contributed by atoms with Crippen molar-refractivity contribution in [2.75, 3.05) is 6.61 Å². The summed E-state index contributed by atoms with van der Waals surface area (Å²) in [7, 11) is 1.97. The molecule has 0 saturated heterocycles. The van der Waals surface area contributed by atoms with Gasteiger partial charge in [-0.25, -0.2) is 4.98 Å². The van der Waals surface area contributed by atoms with E-state index in [1.54, 1.807) is 0 Å². The van der Waals surface area contributed by atoms with Gasteiger partial charge in [0.25, 0.3) is 0 Å². The molecule has 0 spiro atoms. The molecule has 1 heterocycles. The highest BCUT2D eigenvalue weighted by molar-refractivity contribution is 9.10. The van der Waals surface area contributed by atoms with E-state index in [2.05, 4.69) is 39.1 Å². The zero-order chi connectivity index (χ0) is 13.4. The summed E-state index contributed by atoms with van der Waals surface area (Å²) in [6.07, 6.45) is 4.23. The molecule has 3 rings (SSSR count). The van der Waals surface area contributed by atoms with Crippen LogP contribution in [0.3, 0.4) is 0 Å². The third-order valence-electron chi connectivity index (χ3n) is 3.83. The van der Waals surface area contributed by atoms with Gasteiger partial charge in [0.1, 0.15) is 16.1 Å². The van der Waals surface area contributed by atoms with Gasteiger partial charge in [0, 0.05) is 19.0 Å². The van der Waals surface area contributed by atoms with Crippen molar-refractivity contribution in [2.45, 2.75) is 25.7 Å². The number of benzene rings is 1. The number of aryl methyl sites for hydroxylation is 2. The van der Waals surface area contributed by atoms with Crippen LogP contribution < -0.4 is 0 Å². The summed E-state index contributed by atoms with van der Waals surface area (Å²) in [5.41, 5.74) is 5.07. The number of aliphatic hydroxyl groups excluding tert-OH is 1. The first-order valence-electron chi connectivity index (χ1n) is 6.65. The SMILES string of the molecule is Cn1c(CCO)nc(-c2ccc3c(c2)CCC3)c1Br. The van der Waals surface area contributed by atoms with Crippen LogP contribution in [-0.4, -0.2) is 21.3 Å². The molecule has 3 nitrogen and oxygen atoms in total. The standard InChI is InChI=1S/C15H17BrN2O/c1-18-13(7-8-19)17-14(15(18)16)12-6-5-10-3-2-4-11(10)9-12/h5-6,9,19H,2-4,7-8H2,1H3. The van der Waals surface area contributed by atoms with Gasteiger partial charge in [0.05, 0.1) is 6.61 Å². The summed E-state index contributed by atoms with van der Waals surface area (Å²) in [6.45, 7) is 0.126. The van der Waals surface area contributed by atoms with Crippen molar-refractivity contribution in [1.82, 2.24) is 9.55 Å². The highest BCUT2D eigenvalue weighted by atomic mass is 79.9. The van der Waals surface area contributed by atoms with Gasteiger partial charge >= 0.3 is 0 Å². The summed E-state index contributed by atoms with van der Waals surface area (Å²) in [4.78, 5) is 4.65. The fourth-order valence-corrected chi connectivity index (χ4v) is 3.27. The van der Waals surface area contributed by atoms with Gasteiger partial charge in [0.15, 0.2) is 0 Å². The summed E-state index contributed by atoms with van der Waals surface area (Å²) < 4.78 is 2.98. The first kappa shape index (κ1) is 12.9. The van der Waals surface area contributed by atoms with Crippen molar-refractivity contribution < 1.29 is 5.11 Å². The predicted octanol–water partition coefficient (Wildman–Crippen LogP) is 2.87. The molecule has 0 unspecified atom stereocenters. The molecule has 0 atom stereocenters. The number of rotatable bonds is 3. The van der Waals surface area contributed by atoms with Gasteiger partial charge in [-0.3, -0.25) is 0 Å². The second-order valence-corrected chi connectivity index (χ2v) is 5.79. The van der Waals surface area contributed by atoms with Crippen molar-refractivity contribution in [3.63, 3.8) is 0 Å². The van der Waals surface area contributed by atoms with Gasteiger partial charge in [-0.1, -0.05) is 12.1 Å². The Morgan fingerprint density at radius 2 is 2.11 bits per heavy atom. The number of aliphatic hydroxyl groups is 1. The van der Waals surface area contributed by atoms with Gasteiger partial charge in [0.2, 0.25) is 0 Å². The molecule has 1 aromatic carbocycles. The lowest BCUT2D eigenvalue weighted by molar-refractivity contribution is 0.295. The quantitative estimate of drug-likeness (QED) is 0.944. The molecule has 19 heavy (non-hydrogen) atoms. The summed E-state index contributed by atoms with van der Waals surface area (Å²) in [6, 6.07) is 6.64. The zero-order valence-electron chi connectivity index (χ0n) is 11.0. The maximum atomic E-state index is 9.07. The Labute approximate surface area is 121 Å². The molecule has 0 bridgehead atoms. The molecule has 2 aromatic rings. The smallest absolute Gasteiger partial charge is 0.112 e. The second-order valence-electron chi connectivity index (χ2n) is 5.04. The molecular weight excluding hydrogens is 304 g/mol. The van der Waals surface area contributed by atoms with Gasteiger partial charge < -0.3 is 9.67 Å². The number of hydrogen-bond acceptors (Lipinski definition) is 2. The molecule has 1 aliphatic carbocycles. The maximum Gasteiger partial charge on any atom is 0.112 e. The van der Waals surface area contributed by atoms with Crippen LogP contribution in [0.15, 0.2) is 22.8 Å². The second kappa shape index (κ2) is 5.10. The van der Waals surface area contributed by atoms with Gasteiger partial charge in [-0.15, -0.1) is 0 Å². The molecule has 1 aromatic heterocycles. The van der Waals surface area contributed by atoms with Crippen LogP contribution in [-0.2, 0) is 26.3 Å². The summed E-state index contributed by atoms with van der Waals surface area (Å²) in [5, 5.41) is 9.07. The van der Waals surface area contributed by atoms with Crippen LogP contribution in [0, 0.1) is 0 Å². The third kappa shape index (κ3) is 2.23. The zero-order valence-corrected chi connectivity index (χ0v) is 12.6. The fourth-order valence-electron chi connectivity index (χ4n) is 2.75. The normalized spacial score (nSPS) is 13.8. The molecule has 100 valence electrons. The van der Waals surface area contributed by atoms with Crippen LogP contribution in [0.4, 0.5) is 0 Å². The van der Waals surface area contributed by atoms with E-state index in [9.17, 15) is 0 Å². The van der Waals surface area contributed by atoms with Crippen molar-refractivity contribution in [3.8, 4) is 11.3 Å². The highest BCUT2D eigenvalue weighted by Crippen LogP contribution is 2.32. The number of nitrogens with zero attached hydrogens (tertiary/aromatic N) is 2. The van der Waals surface area contributed by atoms with Gasteiger partial charge in [-0.2, -0.15) is 0 Å². The minimum Gasteiger partial charge on any atom is -0.396 e. The predicted molar refractivity (Wildman–Crippen MR) is 79.2 cm³/mol.